The number of hydrogen-bond acceptors (Lipinski definition) is 2. The van der Waals surface area contributed by atoms with Crippen LogP contribution in [0, 0.1) is 12.8 Å². The Hall–Kier alpha value is -2.39. The van der Waals surface area contributed by atoms with Gasteiger partial charge in [0.1, 0.15) is 5.78 Å². The third-order valence-electron chi connectivity index (χ3n) is 5.25. The first-order chi connectivity index (χ1) is 12.2. The number of fused-ring (bicyclic) bond motifs is 1. The number of ketones is 1. The average Bonchev–Trinajstić information content (AvgIpc) is 3.01. The molecule has 1 aliphatic rings. The standard InChI is InChI=1S/C22H24N2O/c1-16-7-8-21-20(11-16)18(13-23-21)12-19-15-24(10-9-22(19)25)14-17-5-3-2-4-6-17/h2-8,11,13,19,23H,9-10,12,14-15H2,1H3. The first-order valence-electron chi connectivity index (χ1n) is 9.04. The average molecular weight is 332 g/mol. The van der Waals surface area contributed by atoms with Crippen LogP contribution in [0.15, 0.2) is 54.7 Å². The lowest BCUT2D eigenvalue weighted by Crippen LogP contribution is -2.41. The molecule has 0 saturated carbocycles. The molecule has 1 atom stereocenters. The Labute approximate surface area is 148 Å². The number of hydrogen-bond donors (Lipinski definition) is 1. The van der Waals surface area contributed by atoms with Crippen LogP contribution in [0.25, 0.3) is 10.9 Å². The fourth-order valence-electron chi connectivity index (χ4n) is 3.87. The van der Waals surface area contributed by atoms with E-state index in [1.165, 1.54) is 22.1 Å². The Morgan fingerprint density at radius 2 is 2.00 bits per heavy atom. The van der Waals surface area contributed by atoms with Crippen molar-refractivity contribution in [2.45, 2.75) is 26.3 Å². The van der Waals surface area contributed by atoms with Crippen molar-refractivity contribution in [1.29, 1.82) is 0 Å². The van der Waals surface area contributed by atoms with Crippen LogP contribution in [0.3, 0.4) is 0 Å². The largest absolute Gasteiger partial charge is 0.361 e. The van der Waals surface area contributed by atoms with E-state index in [4.69, 9.17) is 0 Å². The maximum Gasteiger partial charge on any atom is 0.138 e. The second-order valence-corrected chi connectivity index (χ2v) is 7.20. The van der Waals surface area contributed by atoms with E-state index < -0.39 is 0 Å². The van der Waals surface area contributed by atoms with Crippen molar-refractivity contribution < 1.29 is 4.79 Å². The summed E-state index contributed by atoms with van der Waals surface area (Å²) in [5, 5.41) is 1.26. The Bertz CT molecular complexity index is 881. The number of nitrogens with one attached hydrogen (secondary N) is 1. The summed E-state index contributed by atoms with van der Waals surface area (Å²) >= 11 is 0. The number of carbonyl (C=O) groups is 1. The fraction of sp³-hybridized carbons (Fsp3) is 0.318. The van der Waals surface area contributed by atoms with E-state index in [0.29, 0.717) is 12.2 Å². The smallest absolute Gasteiger partial charge is 0.138 e. The van der Waals surface area contributed by atoms with Gasteiger partial charge < -0.3 is 4.98 Å². The Morgan fingerprint density at radius 1 is 1.16 bits per heavy atom. The molecule has 0 aliphatic carbocycles. The van der Waals surface area contributed by atoms with Crippen LogP contribution in [-0.4, -0.2) is 28.8 Å². The lowest BCUT2D eigenvalue weighted by atomic mass is 9.89. The number of H-pyrrole nitrogens is 1. The molecule has 3 nitrogen and oxygen atoms in total. The molecule has 1 fully saturated rings. The van der Waals surface area contributed by atoms with Crippen LogP contribution in [0.1, 0.15) is 23.1 Å². The van der Waals surface area contributed by atoms with Crippen LogP contribution in [0.4, 0.5) is 0 Å². The van der Waals surface area contributed by atoms with Crippen LogP contribution in [0.5, 0.6) is 0 Å². The van der Waals surface area contributed by atoms with Crippen molar-refractivity contribution in [3.63, 3.8) is 0 Å². The normalized spacial score (nSPS) is 18.8. The molecule has 1 N–H and O–H groups in total. The number of aromatic nitrogens is 1. The predicted molar refractivity (Wildman–Crippen MR) is 102 cm³/mol. The molecule has 0 amide bonds. The zero-order chi connectivity index (χ0) is 17.2. The van der Waals surface area contributed by atoms with Gasteiger partial charge in [0.05, 0.1) is 0 Å². The van der Waals surface area contributed by atoms with E-state index in [1.54, 1.807) is 0 Å². The second-order valence-electron chi connectivity index (χ2n) is 7.20. The zero-order valence-corrected chi connectivity index (χ0v) is 14.7. The van der Waals surface area contributed by atoms with E-state index in [-0.39, 0.29) is 5.92 Å². The molecule has 2 aromatic carbocycles. The molecule has 3 heteroatoms. The Balaban J connectivity index is 1.50. The first kappa shape index (κ1) is 16.1. The van der Waals surface area contributed by atoms with Crippen molar-refractivity contribution in [3.05, 3.63) is 71.4 Å². The molecule has 1 unspecified atom stereocenters. The summed E-state index contributed by atoms with van der Waals surface area (Å²) in [5.74, 6) is 0.503. The quantitative estimate of drug-likeness (QED) is 0.780. The van der Waals surface area contributed by atoms with Gasteiger partial charge in [-0.1, -0.05) is 42.0 Å². The number of rotatable bonds is 4. The summed E-state index contributed by atoms with van der Waals surface area (Å²) in [6.07, 6.45) is 3.57. The minimum atomic E-state index is 0.0944. The van der Waals surface area contributed by atoms with Crippen molar-refractivity contribution in [2.24, 2.45) is 5.92 Å². The van der Waals surface area contributed by atoms with Crippen LogP contribution < -0.4 is 0 Å². The number of Topliss-reactive ketones (excluding diaryl/α,β-unsaturated/α-hetero) is 1. The zero-order valence-electron chi connectivity index (χ0n) is 14.7. The molecule has 2 heterocycles. The van der Waals surface area contributed by atoms with Gasteiger partial charge in [0.25, 0.3) is 0 Å². The minimum Gasteiger partial charge on any atom is -0.361 e. The van der Waals surface area contributed by atoms with Gasteiger partial charge in [0.15, 0.2) is 0 Å². The van der Waals surface area contributed by atoms with Gasteiger partial charge in [-0.3, -0.25) is 9.69 Å². The van der Waals surface area contributed by atoms with Gasteiger partial charge in [-0.15, -0.1) is 0 Å². The minimum absolute atomic E-state index is 0.0944. The van der Waals surface area contributed by atoms with Gasteiger partial charge in [-0.05, 0) is 36.6 Å². The van der Waals surface area contributed by atoms with Crippen molar-refractivity contribution in [1.82, 2.24) is 9.88 Å². The lowest BCUT2D eigenvalue weighted by Gasteiger charge is -2.31. The number of piperidine rings is 1. The van der Waals surface area contributed by atoms with E-state index in [2.05, 4.69) is 65.5 Å². The topological polar surface area (TPSA) is 36.1 Å². The second kappa shape index (κ2) is 6.85. The fourth-order valence-corrected chi connectivity index (χ4v) is 3.87. The lowest BCUT2D eigenvalue weighted by molar-refractivity contribution is -0.126. The SMILES string of the molecule is Cc1ccc2[nH]cc(CC3CN(Cc4ccccc4)CCC3=O)c2c1. The molecule has 0 bridgehead atoms. The van der Waals surface area contributed by atoms with E-state index in [1.807, 2.05) is 6.07 Å². The number of aryl methyl sites for hydroxylation is 1. The van der Waals surface area contributed by atoms with Gasteiger partial charge >= 0.3 is 0 Å². The van der Waals surface area contributed by atoms with Crippen LogP contribution in [-0.2, 0) is 17.8 Å². The van der Waals surface area contributed by atoms with E-state index in [0.717, 1.165) is 31.6 Å². The molecule has 4 rings (SSSR count). The first-order valence-corrected chi connectivity index (χ1v) is 9.04. The molecule has 0 radical (unpaired) electrons. The maximum atomic E-state index is 12.5. The molecule has 128 valence electrons. The van der Waals surface area contributed by atoms with Crippen LogP contribution in [0.2, 0.25) is 0 Å². The molecule has 0 spiro atoms. The van der Waals surface area contributed by atoms with E-state index >= 15 is 0 Å². The van der Waals surface area contributed by atoms with Crippen molar-refractivity contribution in [2.75, 3.05) is 13.1 Å². The number of carbonyl (C=O) groups excluding carboxylic acids is 1. The highest BCUT2D eigenvalue weighted by molar-refractivity contribution is 5.86. The van der Waals surface area contributed by atoms with Gasteiger partial charge in [0, 0.05) is 49.1 Å². The third-order valence-corrected chi connectivity index (χ3v) is 5.25. The van der Waals surface area contributed by atoms with Gasteiger partial charge in [0.2, 0.25) is 0 Å². The van der Waals surface area contributed by atoms with Crippen molar-refractivity contribution >= 4 is 16.7 Å². The molecule has 1 aromatic heterocycles. The summed E-state index contributed by atoms with van der Waals surface area (Å²) in [4.78, 5) is 18.2. The summed E-state index contributed by atoms with van der Waals surface area (Å²) < 4.78 is 0. The molecular weight excluding hydrogens is 308 g/mol. The molecule has 25 heavy (non-hydrogen) atoms. The monoisotopic (exact) mass is 332 g/mol. The molecular formula is C22H24N2O. The third kappa shape index (κ3) is 3.52. The summed E-state index contributed by atoms with van der Waals surface area (Å²) in [7, 11) is 0. The van der Waals surface area contributed by atoms with Gasteiger partial charge in [-0.2, -0.15) is 0 Å². The number of benzene rings is 2. The number of nitrogens with zero attached hydrogens (tertiary/aromatic N) is 1. The molecule has 1 aliphatic heterocycles. The van der Waals surface area contributed by atoms with Crippen molar-refractivity contribution in [3.8, 4) is 0 Å². The summed E-state index contributed by atoms with van der Waals surface area (Å²) in [6.45, 7) is 4.77. The number of aromatic amines is 1. The van der Waals surface area contributed by atoms with Gasteiger partial charge in [-0.25, -0.2) is 0 Å². The highest BCUT2D eigenvalue weighted by atomic mass is 16.1. The highest BCUT2D eigenvalue weighted by Crippen LogP contribution is 2.25. The Kier molecular flexibility index (Phi) is 4.41. The molecule has 3 aromatic rings. The van der Waals surface area contributed by atoms with E-state index in [9.17, 15) is 4.79 Å². The predicted octanol–water partition coefficient (Wildman–Crippen LogP) is 4.11. The number of likely N-dealkylation sites (tertiary alicyclic amines) is 1. The Morgan fingerprint density at radius 3 is 2.84 bits per heavy atom. The highest BCUT2D eigenvalue weighted by Gasteiger charge is 2.28. The maximum absolute atomic E-state index is 12.5. The summed E-state index contributed by atoms with van der Waals surface area (Å²) in [6, 6.07) is 17.0. The summed E-state index contributed by atoms with van der Waals surface area (Å²) in [5.41, 5.74) is 5.00. The van der Waals surface area contributed by atoms with Crippen LogP contribution >= 0.6 is 0 Å². The molecule has 1 saturated heterocycles.